The molecular formula is C22H26N2O4S. The van der Waals surface area contributed by atoms with Gasteiger partial charge in [-0.1, -0.05) is 18.2 Å². The minimum atomic E-state index is -0.473. The van der Waals surface area contributed by atoms with Crippen molar-refractivity contribution in [2.24, 2.45) is 0 Å². The molecule has 1 fully saturated rings. The van der Waals surface area contributed by atoms with Crippen molar-refractivity contribution in [1.29, 1.82) is 0 Å². The van der Waals surface area contributed by atoms with E-state index < -0.39 is 5.97 Å². The number of benzene rings is 2. The fourth-order valence-electron chi connectivity index (χ4n) is 3.10. The van der Waals surface area contributed by atoms with E-state index in [2.05, 4.69) is 27.1 Å². The van der Waals surface area contributed by atoms with Crippen molar-refractivity contribution in [2.45, 2.75) is 13.5 Å². The number of carbonyl (C=O) groups excluding carboxylic acids is 2. The van der Waals surface area contributed by atoms with Gasteiger partial charge in [0.05, 0.1) is 7.11 Å². The van der Waals surface area contributed by atoms with E-state index in [1.165, 1.54) is 24.2 Å². The van der Waals surface area contributed by atoms with Crippen molar-refractivity contribution >= 4 is 29.3 Å². The van der Waals surface area contributed by atoms with E-state index in [-0.39, 0.29) is 12.5 Å². The van der Waals surface area contributed by atoms with Gasteiger partial charge in [-0.2, -0.15) is 11.8 Å². The molecule has 0 spiro atoms. The van der Waals surface area contributed by atoms with Crippen LogP contribution in [0.4, 0.5) is 5.69 Å². The van der Waals surface area contributed by atoms with Crippen LogP contribution in [0, 0.1) is 6.92 Å². The number of carbonyl (C=O) groups is 2. The van der Waals surface area contributed by atoms with Crippen LogP contribution in [-0.4, -0.2) is 55.1 Å². The molecule has 0 atom stereocenters. The Morgan fingerprint density at radius 3 is 2.66 bits per heavy atom. The topological polar surface area (TPSA) is 67.9 Å². The lowest BCUT2D eigenvalue weighted by Gasteiger charge is -2.26. The van der Waals surface area contributed by atoms with Gasteiger partial charge in [-0.25, -0.2) is 4.79 Å². The monoisotopic (exact) mass is 414 g/mol. The molecule has 1 saturated heterocycles. The van der Waals surface area contributed by atoms with Crippen LogP contribution in [0.1, 0.15) is 21.5 Å². The maximum Gasteiger partial charge on any atom is 0.343 e. The standard InChI is InChI=1S/C22H26N2O4S/c1-16-12-17(14-24-8-10-29-11-9-24)6-7-20(16)23-22(26)18-4-3-5-19(13-18)28-15-21(25)27-2/h3-7,12-13H,8-11,14-15H2,1-2H3,(H,23,26). The number of nitrogens with one attached hydrogen (secondary N) is 1. The van der Waals surface area contributed by atoms with E-state index in [0.29, 0.717) is 11.3 Å². The molecule has 1 heterocycles. The third kappa shape index (κ3) is 6.24. The molecule has 0 aliphatic carbocycles. The van der Waals surface area contributed by atoms with Crippen molar-refractivity contribution in [1.82, 2.24) is 4.90 Å². The average molecular weight is 415 g/mol. The Balaban J connectivity index is 1.62. The van der Waals surface area contributed by atoms with Crippen LogP contribution in [0.5, 0.6) is 5.75 Å². The van der Waals surface area contributed by atoms with Crippen LogP contribution in [0.3, 0.4) is 0 Å². The molecule has 0 radical (unpaired) electrons. The number of ether oxygens (including phenoxy) is 2. The Bertz CT molecular complexity index is 866. The Morgan fingerprint density at radius 1 is 1.14 bits per heavy atom. The van der Waals surface area contributed by atoms with Gasteiger partial charge in [0.15, 0.2) is 6.61 Å². The summed E-state index contributed by atoms with van der Waals surface area (Å²) in [7, 11) is 1.30. The van der Waals surface area contributed by atoms with Crippen molar-refractivity contribution in [3.63, 3.8) is 0 Å². The number of aryl methyl sites for hydroxylation is 1. The lowest BCUT2D eigenvalue weighted by molar-refractivity contribution is -0.142. The van der Waals surface area contributed by atoms with Crippen molar-refractivity contribution in [3.05, 3.63) is 59.2 Å². The zero-order chi connectivity index (χ0) is 20.6. The van der Waals surface area contributed by atoms with Crippen LogP contribution in [0.25, 0.3) is 0 Å². The van der Waals surface area contributed by atoms with Gasteiger partial charge in [0.1, 0.15) is 5.75 Å². The molecule has 2 aromatic rings. The Morgan fingerprint density at radius 2 is 1.93 bits per heavy atom. The zero-order valence-electron chi connectivity index (χ0n) is 16.8. The van der Waals surface area contributed by atoms with Crippen molar-refractivity contribution in [3.8, 4) is 5.75 Å². The largest absolute Gasteiger partial charge is 0.482 e. The average Bonchev–Trinajstić information content (AvgIpc) is 2.74. The van der Waals surface area contributed by atoms with Gasteiger partial charge in [-0.15, -0.1) is 0 Å². The summed E-state index contributed by atoms with van der Waals surface area (Å²) in [5, 5.41) is 2.96. The SMILES string of the molecule is COC(=O)COc1cccc(C(=O)Nc2ccc(CN3CCSCC3)cc2C)c1. The predicted molar refractivity (Wildman–Crippen MR) is 116 cm³/mol. The molecule has 3 rings (SSSR count). The molecule has 154 valence electrons. The fourth-order valence-corrected chi connectivity index (χ4v) is 4.08. The van der Waals surface area contributed by atoms with Crippen LogP contribution < -0.4 is 10.1 Å². The highest BCUT2D eigenvalue weighted by Gasteiger charge is 2.13. The van der Waals surface area contributed by atoms with E-state index in [9.17, 15) is 9.59 Å². The first-order valence-corrected chi connectivity index (χ1v) is 10.7. The molecule has 2 aromatic carbocycles. The minimum absolute atomic E-state index is 0.197. The van der Waals surface area contributed by atoms with E-state index in [1.807, 2.05) is 24.8 Å². The maximum absolute atomic E-state index is 12.6. The highest BCUT2D eigenvalue weighted by atomic mass is 32.2. The molecule has 1 aliphatic heterocycles. The van der Waals surface area contributed by atoms with E-state index in [0.717, 1.165) is 30.9 Å². The predicted octanol–water partition coefficient (Wildman–Crippen LogP) is 3.35. The quantitative estimate of drug-likeness (QED) is 0.701. The molecule has 6 nitrogen and oxygen atoms in total. The van der Waals surface area contributed by atoms with Crippen molar-refractivity contribution in [2.75, 3.05) is 43.6 Å². The third-order valence-electron chi connectivity index (χ3n) is 4.73. The van der Waals surface area contributed by atoms with Crippen molar-refractivity contribution < 1.29 is 19.1 Å². The minimum Gasteiger partial charge on any atom is -0.482 e. The Labute approximate surface area is 175 Å². The number of anilines is 1. The highest BCUT2D eigenvalue weighted by molar-refractivity contribution is 7.99. The van der Waals surface area contributed by atoms with E-state index in [4.69, 9.17) is 4.74 Å². The van der Waals surface area contributed by atoms with Gasteiger partial charge in [0.2, 0.25) is 0 Å². The fraction of sp³-hybridized carbons (Fsp3) is 0.364. The summed E-state index contributed by atoms with van der Waals surface area (Å²) in [5.41, 5.74) is 3.53. The number of amides is 1. The second kappa shape index (κ2) is 10.3. The molecule has 1 amide bonds. The molecule has 0 bridgehead atoms. The summed E-state index contributed by atoms with van der Waals surface area (Å²) in [6, 6.07) is 12.9. The lowest BCUT2D eigenvalue weighted by Crippen LogP contribution is -2.31. The molecule has 0 aromatic heterocycles. The number of thioether (sulfide) groups is 1. The molecule has 0 saturated carbocycles. The van der Waals surface area contributed by atoms with Gasteiger partial charge in [-0.05, 0) is 42.3 Å². The maximum atomic E-state index is 12.6. The van der Waals surface area contributed by atoms with Crippen LogP contribution in [0.2, 0.25) is 0 Å². The number of nitrogens with zero attached hydrogens (tertiary/aromatic N) is 1. The van der Waals surface area contributed by atoms with Gasteiger partial charge in [0.25, 0.3) is 5.91 Å². The second-order valence-corrected chi connectivity index (χ2v) is 8.11. The summed E-state index contributed by atoms with van der Waals surface area (Å²) in [6.07, 6.45) is 0. The van der Waals surface area contributed by atoms with Gasteiger partial charge in [-0.3, -0.25) is 9.69 Å². The van der Waals surface area contributed by atoms with E-state index in [1.54, 1.807) is 24.3 Å². The summed E-state index contributed by atoms with van der Waals surface area (Å²) < 4.78 is 9.90. The second-order valence-electron chi connectivity index (χ2n) is 6.88. The smallest absolute Gasteiger partial charge is 0.343 e. The number of esters is 1. The van der Waals surface area contributed by atoms with Gasteiger partial charge >= 0.3 is 5.97 Å². The summed E-state index contributed by atoms with van der Waals surface area (Å²) in [6.45, 7) is 4.99. The zero-order valence-corrected chi connectivity index (χ0v) is 17.6. The normalized spacial score (nSPS) is 14.3. The number of hydrogen-bond donors (Lipinski definition) is 1. The Hall–Kier alpha value is -2.51. The Kier molecular flexibility index (Phi) is 7.55. The number of rotatable bonds is 7. The first kappa shape index (κ1) is 21.2. The van der Waals surface area contributed by atoms with Crippen LogP contribution in [-0.2, 0) is 16.1 Å². The summed E-state index contributed by atoms with van der Waals surface area (Å²) in [4.78, 5) is 26.3. The molecule has 0 unspecified atom stereocenters. The number of hydrogen-bond acceptors (Lipinski definition) is 6. The van der Waals surface area contributed by atoms with Gasteiger partial charge < -0.3 is 14.8 Å². The third-order valence-corrected chi connectivity index (χ3v) is 5.67. The van der Waals surface area contributed by atoms with Crippen LogP contribution >= 0.6 is 11.8 Å². The van der Waals surface area contributed by atoms with Gasteiger partial charge in [0, 0.05) is 42.4 Å². The first-order valence-electron chi connectivity index (χ1n) is 9.56. The molecule has 29 heavy (non-hydrogen) atoms. The molecule has 1 aliphatic rings. The molecule has 7 heteroatoms. The van der Waals surface area contributed by atoms with E-state index >= 15 is 0 Å². The van der Waals surface area contributed by atoms with Crippen LogP contribution in [0.15, 0.2) is 42.5 Å². The summed E-state index contributed by atoms with van der Waals surface area (Å²) >= 11 is 2.01. The molecule has 1 N–H and O–H groups in total. The number of methoxy groups -OCH3 is 1. The first-order chi connectivity index (χ1) is 14.0. The molecular weight excluding hydrogens is 388 g/mol. The highest BCUT2D eigenvalue weighted by Crippen LogP contribution is 2.21. The lowest BCUT2D eigenvalue weighted by atomic mass is 10.1. The summed E-state index contributed by atoms with van der Waals surface area (Å²) in [5.74, 6) is 2.12.